The zero-order valence-electron chi connectivity index (χ0n) is 10.0. The van der Waals surface area contributed by atoms with E-state index >= 15 is 0 Å². The molecule has 0 bridgehead atoms. The Kier molecular flexibility index (Phi) is 2.59. The smallest absolute Gasteiger partial charge is 0.129 e. The number of fused-ring (bicyclic) bond motifs is 1. The number of nitrogens with zero attached hydrogens (tertiary/aromatic N) is 1. The summed E-state index contributed by atoms with van der Waals surface area (Å²) in [6.07, 6.45) is 5.25. The Morgan fingerprint density at radius 2 is 2.24 bits per heavy atom. The number of para-hydroxylation sites is 1. The topological polar surface area (TPSA) is 40.7 Å². The second kappa shape index (κ2) is 4.24. The van der Waals surface area contributed by atoms with Gasteiger partial charge in [0.25, 0.3) is 0 Å². The number of anilines is 1. The van der Waals surface area contributed by atoms with Gasteiger partial charge in [-0.25, -0.2) is 4.98 Å². The quantitative estimate of drug-likeness (QED) is 0.846. The maximum atomic E-state index is 4.65. The van der Waals surface area contributed by atoms with Gasteiger partial charge < -0.3 is 10.3 Å². The van der Waals surface area contributed by atoms with E-state index in [-0.39, 0.29) is 0 Å². The van der Waals surface area contributed by atoms with E-state index in [0.717, 1.165) is 25.1 Å². The summed E-state index contributed by atoms with van der Waals surface area (Å²) >= 11 is 0. The Balaban J connectivity index is 1.79. The number of aromatic amines is 1. The van der Waals surface area contributed by atoms with E-state index in [9.17, 15) is 0 Å². The number of imidazole rings is 1. The van der Waals surface area contributed by atoms with Crippen LogP contribution in [0.3, 0.4) is 0 Å². The molecule has 0 aliphatic carbocycles. The molecule has 1 aromatic carbocycles. The Hall–Kier alpha value is -1.77. The third-order valence-electron chi connectivity index (χ3n) is 3.26. The van der Waals surface area contributed by atoms with Crippen LogP contribution < -0.4 is 5.32 Å². The Morgan fingerprint density at radius 1 is 1.35 bits per heavy atom. The van der Waals surface area contributed by atoms with Gasteiger partial charge in [-0.05, 0) is 18.1 Å². The molecule has 0 spiro atoms. The van der Waals surface area contributed by atoms with E-state index in [1.54, 1.807) is 0 Å². The molecule has 3 heteroatoms. The van der Waals surface area contributed by atoms with Crippen LogP contribution in [-0.4, -0.2) is 9.97 Å². The summed E-state index contributed by atoms with van der Waals surface area (Å²) in [6.45, 7) is 2.18. The van der Waals surface area contributed by atoms with Crippen LogP contribution in [0.25, 0.3) is 0 Å². The highest BCUT2D eigenvalue weighted by Gasteiger charge is 2.23. The number of aromatic nitrogens is 2. The van der Waals surface area contributed by atoms with E-state index in [4.69, 9.17) is 0 Å². The normalized spacial score (nSPS) is 17.8. The lowest BCUT2D eigenvalue weighted by molar-refractivity contribution is 0.756. The first-order valence-corrected chi connectivity index (χ1v) is 6.25. The summed E-state index contributed by atoms with van der Waals surface area (Å²) in [7, 11) is 0. The number of H-pyrrole nitrogens is 1. The summed E-state index contributed by atoms with van der Waals surface area (Å²) in [6, 6.07) is 8.77. The highest BCUT2D eigenvalue weighted by molar-refractivity contribution is 5.57. The SMILES string of the molecule is CCCc1c[nH]c(C2Cc3ccccc3N2)n1. The fourth-order valence-electron chi connectivity index (χ4n) is 2.40. The van der Waals surface area contributed by atoms with E-state index < -0.39 is 0 Å². The lowest BCUT2D eigenvalue weighted by Crippen LogP contribution is -2.07. The van der Waals surface area contributed by atoms with Gasteiger partial charge in [-0.3, -0.25) is 0 Å². The summed E-state index contributed by atoms with van der Waals surface area (Å²) in [5.41, 5.74) is 3.79. The Labute approximate surface area is 101 Å². The van der Waals surface area contributed by atoms with Crippen molar-refractivity contribution in [1.29, 1.82) is 0 Å². The summed E-state index contributed by atoms with van der Waals surface area (Å²) in [4.78, 5) is 7.94. The number of nitrogens with one attached hydrogen (secondary N) is 2. The molecular formula is C14H17N3. The molecule has 2 heterocycles. The molecule has 88 valence electrons. The molecule has 1 aromatic heterocycles. The monoisotopic (exact) mass is 227 g/mol. The molecule has 2 aromatic rings. The molecule has 2 N–H and O–H groups in total. The number of rotatable bonds is 3. The molecule has 0 saturated carbocycles. The lowest BCUT2D eigenvalue weighted by Gasteiger charge is -2.07. The van der Waals surface area contributed by atoms with E-state index in [1.807, 2.05) is 6.20 Å². The first kappa shape index (κ1) is 10.4. The third-order valence-corrected chi connectivity index (χ3v) is 3.26. The molecule has 1 aliphatic heterocycles. The van der Waals surface area contributed by atoms with Crippen LogP contribution in [0.15, 0.2) is 30.5 Å². The minimum absolute atomic E-state index is 0.304. The van der Waals surface area contributed by atoms with E-state index in [2.05, 4.69) is 46.5 Å². The first-order chi connectivity index (χ1) is 8.36. The summed E-state index contributed by atoms with van der Waals surface area (Å²) in [5, 5.41) is 3.51. The second-order valence-electron chi connectivity index (χ2n) is 4.59. The van der Waals surface area contributed by atoms with Crippen LogP contribution >= 0.6 is 0 Å². The average Bonchev–Trinajstić information content (AvgIpc) is 2.94. The van der Waals surface area contributed by atoms with Crippen LogP contribution in [0.1, 0.15) is 36.5 Å². The Bertz CT molecular complexity index is 491. The highest BCUT2D eigenvalue weighted by Crippen LogP contribution is 2.32. The van der Waals surface area contributed by atoms with Gasteiger partial charge in [0.2, 0.25) is 0 Å². The molecule has 1 unspecified atom stereocenters. The Morgan fingerprint density at radius 3 is 3.06 bits per heavy atom. The van der Waals surface area contributed by atoms with Crippen molar-refractivity contribution in [2.75, 3.05) is 5.32 Å². The number of hydrogen-bond acceptors (Lipinski definition) is 2. The molecule has 0 fully saturated rings. The third kappa shape index (κ3) is 1.93. The molecular weight excluding hydrogens is 210 g/mol. The van der Waals surface area contributed by atoms with Crippen molar-refractivity contribution in [2.45, 2.75) is 32.2 Å². The van der Waals surface area contributed by atoms with Gasteiger partial charge in [-0.15, -0.1) is 0 Å². The molecule has 17 heavy (non-hydrogen) atoms. The number of aryl methyl sites for hydroxylation is 1. The van der Waals surface area contributed by atoms with Crippen LogP contribution in [0.4, 0.5) is 5.69 Å². The molecule has 3 nitrogen and oxygen atoms in total. The van der Waals surface area contributed by atoms with Gasteiger partial charge in [-0.2, -0.15) is 0 Å². The molecule has 3 rings (SSSR count). The van der Waals surface area contributed by atoms with Crippen molar-refractivity contribution < 1.29 is 0 Å². The van der Waals surface area contributed by atoms with E-state index in [0.29, 0.717) is 6.04 Å². The van der Waals surface area contributed by atoms with Gasteiger partial charge in [0.1, 0.15) is 5.82 Å². The fourth-order valence-corrected chi connectivity index (χ4v) is 2.40. The maximum Gasteiger partial charge on any atom is 0.129 e. The van der Waals surface area contributed by atoms with Crippen molar-refractivity contribution in [3.63, 3.8) is 0 Å². The lowest BCUT2D eigenvalue weighted by atomic mass is 10.1. The number of hydrogen-bond donors (Lipinski definition) is 2. The highest BCUT2D eigenvalue weighted by atomic mass is 15.0. The predicted molar refractivity (Wildman–Crippen MR) is 69.1 cm³/mol. The molecule has 1 atom stereocenters. The van der Waals surface area contributed by atoms with Crippen LogP contribution in [0.2, 0.25) is 0 Å². The maximum absolute atomic E-state index is 4.65. The van der Waals surface area contributed by atoms with Crippen molar-refractivity contribution in [3.8, 4) is 0 Å². The van der Waals surface area contributed by atoms with Crippen molar-refractivity contribution in [3.05, 3.63) is 47.5 Å². The first-order valence-electron chi connectivity index (χ1n) is 6.25. The standard InChI is InChI=1S/C14H17N3/c1-2-5-11-9-15-14(16-11)13-8-10-6-3-4-7-12(10)17-13/h3-4,6-7,9,13,17H,2,5,8H2,1H3,(H,15,16). The molecule has 0 radical (unpaired) electrons. The molecule has 0 amide bonds. The van der Waals surface area contributed by atoms with Gasteiger partial charge >= 0.3 is 0 Å². The number of benzene rings is 1. The van der Waals surface area contributed by atoms with Crippen LogP contribution in [0.5, 0.6) is 0 Å². The summed E-state index contributed by atoms with van der Waals surface area (Å²) < 4.78 is 0. The van der Waals surface area contributed by atoms with Gasteiger partial charge in [0, 0.05) is 18.3 Å². The van der Waals surface area contributed by atoms with E-state index in [1.165, 1.54) is 16.9 Å². The summed E-state index contributed by atoms with van der Waals surface area (Å²) in [5.74, 6) is 1.06. The predicted octanol–water partition coefficient (Wildman–Crippen LogP) is 3.07. The van der Waals surface area contributed by atoms with Crippen molar-refractivity contribution >= 4 is 5.69 Å². The molecule has 1 aliphatic rings. The largest absolute Gasteiger partial charge is 0.375 e. The van der Waals surface area contributed by atoms with Gasteiger partial charge in [0.15, 0.2) is 0 Å². The van der Waals surface area contributed by atoms with Gasteiger partial charge in [0.05, 0.1) is 11.7 Å². The molecule has 0 saturated heterocycles. The zero-order chi connectivity index (χ0) is 11.7. The van der Waals surface area contributed by atoms with Crippen molar-refractivity contribution in [2.24, 2.45) is 0 Å². The average molecular weight is 227 g/mol. The van der Waals surface area contributed by atoms with Crippen LogP contribution in [0, 0.1) is 0 Å². The minimum Gasteiger partial charge on any atom is -0.375 e. The second-order valence-corrected chi connectivity index (χ2v) is 4.59. The minimum atomic E-state index is 0.304. The van der Waals surface area contributed by atoms with Crippen LogP contribution in [-0.2, 0) is 12.8 Å². The fraction of sp³-hybridized carbons (Fsp3) is 0.357. The van der Waals surface area contributed by atoms with Gasteiger partial charge in [-0.1, -0.05) is 31.5 Å². The van der Waals surface area contributed by atoms with Crippen molar-refractivity contribution in [1.82, 2.24) is 9.97 Å². The zero-order valence-corrected chi connectivity index (χ0v) is 10.0.